The third-order valence-electron chi connectivity index (χ3n) is 4.47. The van der Waals surface area contributed by atoms with Gasteiger partial charge in [0, 0.05) is 25.6 Å². The average molecular weight is 316 g/mol. The highest BCUT2D eigenvalue weighted by atomic mass is 19.3. The Morgan fingerprint density at radius 1 is 1.41 bits per heavy atom. The van der Waals surface area contributed by atoms with Crippen LogP contribution in [0.2, 0.25) is 0 Å². The lowest BCUT2D eigenvalue weighted by molar-refractivity contribution is -0.385. The molecule has 2 heterocycles. The quantitative estimate of drug-likeness (QED) is 0.628. The normalized spacial score (nSPS) is 29.4. The third-order valence-corrected chi connectivity index (χ3v) is 4.47. The van der Waals surface area contributed by atoms with E-state index in [1.165, 1.54) is 0 Å². The summed E-state index contributed by atoms with van der Waals surface area (Å²) in [7, 11) is 0. The molecule has 1 aliphatic heterocycles. The van der Waals surface area contributed by atoms with Gasteiger partial charge in [-0.05, 0) is 12.8 Å². The molecular weight excluding hydrogens is 298 g/mol. The van der Waals surface area contributed by atoms with Crippen LogP contribution in [0, 0.1) is 10.1 Å². The fourth-order valence-corrected chi connectivity index (χ4v) is 3.24. The number of rotatable bonds is 3. The number of hydrogen-bond donors (Lipinski definition) is 0. The third kappa shape index (κ3) is 2.95. The zero-order chi connectivity index (χ0) is 15.7. The van der Waals surface area contributed by atoms with Crippen molar-refractivity contribution in [2.75, 3.05) is 26.3 Å². The molecule has 1 aliphatic carbocycles. The first-order valence-electron chi connectivity index (χ1n) is 7.35. The Balaban J connectivity index is 1.77. The first-order valence-corrected chi connectivity index (χ1v) is 7.35. The van der Waals surface area contributed by atoms with Crippen LogP contribution in [-0.4, -0.2) is 57.9 Å². The summed E-state index contributed by atoms with van der Waals surface area (Å²) in [6.07, 6.45) is 2.56. The second-order valence-electron chi connectivity index (χ2n) is 5.79. The minimum Gasteiger partial charge on any atom is -0.379 e. The molecule has 0 N–H and O–H groups in total. The Morgan fingerprint density at radius 2 is 2.14 bits per heavy atom. The number of morpholine rings is 1. The smallest absolute Gasteiger partial charge is 0.307 e. The zero-order valence-electron chi connectivity index (χ0n) is 12.0. The number of nitrogens with zero attached hydrogens (tertiary/aromatic N) is 4. The van der Waals surface area contributed by atoms with Crippen LogP contribution in [-0.2, 0) is 4.74 Å². The van der Waals surface area contributed by atoms with E-state index >= 15 is 0 Å². The first kappa shape index (κ1) is 15.3. The van der Waals surface area contributed by atoms with Crippen LogP contribution in [0.3, 0.4) is 0 Å². The molecule has 0 radical (unpaired) electrons. The van der Waals surface area contributed by atoms with Crippen LogP contribution < -0.4 is 0 Å². The lowest BCUT2D eigenvalue weighted by atomic mass is 9.86. The Hall–Kier alpha value is -1.61. The zero-order valence-corrected chi connectivity index (χ0v) is 12.0. The van der Waals surface area contributed by atoms with Crippen molar-refractivity contribution in [1.82, 2.24) is 14.7 Å². The highest BCUT2D eigenvalue weighted by molar-refractivity contribution is 5.21. The molecule has 0 unspecified atom stereocenters. The van der Waals surface area contributed by atoms with Crippen LogP contribution in [0.15, 0.2) is 12.4 Å². The van der Waals surface area contributed by atoms with Crippen molar-refractivity contribution >= 4 is 5.69 Å². The summed E-state index contributed by atoms with van der Waals surface area (Å²) in [4.78, 5) is 12.3. The molecule has 1 aromatic heterocycles. The summed E-state index contributed by atoms with van der Waals surface area (Å²) in [6.45, 7) is 2.71. The molecule has 0 aromatic carbocycles. The van der Waals surface area contributed by atoms with Crippen molar-refractivity contribution in [3.8, 4) is 0 Å². The van der Waals surface area contributed by atoms with E-state index in [9.17, 15) is 18.9 Å². The fourth-order valence-electron chi connectivity index (χ4n) is 3.24. The molecule has 2 fully saturated rings. The molecule has 2 aliphatic rings. The number of aromatic nitrogens is 2. The van der Waals surface area contributed by atoms with E-state index < -0.39 is 16.9 Å². The van der Waals surface area contributed by atoms with Crippen molar-refractivity contribution in [1.29, 1.82) is 0 Å². The molecule has 22 heavy (non-hydrogen) atoms. The van der Waals surface area contributed by atoms with Gasteiger partial charge < -0.3 is 4.74 Å². The molecule has 1 aromatic rings. The van der Waals surface area contributed by atoms with Crippen LogP contribution >= 0.6 is 0 Å². The maximum Gasteiger partial charge on any atom is 0.307 e. The van der Waals surface area contributed by atoms with Gasteiger partial charge in [0.15, 0.2) is 0 Å². The second-order valence-corrected chi connectivity index (χ2v) is 5.79. The van der Waals surface area contributed by atoms with Gasteiger partial charge in [-0.15, -0.1) is 0 Å². The van der Waals surface area contributed by atoms with E-state index in [1.54, 1.807) is 0 Å². The van der Waals surface area contributed by atoms with Gasteiger partial charge in [-0.3, -0.25) is 19.7 Å². The highest BCUT2D eigenvalue weighted by Gasteiger charge is 2.47. The van der Waals surface area contributed by atoms with Gasteiger partial charge in [-0.25, -0.2) is 8.78 Å². The standard InChI is InChI=1S/C13H18F2N4O3/c14-13(15)2-1-10(17-3-5-22-6-4-17)7-12(13)18-9-11(8-16-18)19(20)21/h8-10,12H,1-7H2/t10-,12-/m0/s1. The van der Waals surface area contributed by atoms with Crippen LogP contribution in [0.4, 0.5) is 14.5 Å². The molecule has 1 saturated heterocycles. The van der Waals surface area contributed by atoms with Gasteiger partial charge in [0.25, 0.3) is 5.92 Å². The van der Waals surface area contributed by atoms with Crippen molar-refractivity contribution in [3.63, 3.8) is 0 Å². The first-order chi connectivity index (χ1) is 10.5. The molecular formula is C13H18F2N4O3. The van der Waals surface area contributed by atoms with E-state index in [2.05, 4.69) is 10.00 Å². The number of halogens is 2. The lowest BCUT2D eigenvalue weighted by Gasteiger charge is -2.42. The molecule has 0 bridgehead atoms. The largest absolute Gasteiger partial charge is 0.379 e. The number of nitro groups is 1. The Labute approximate surface area is 126 Å². The Bertz CT molecular complexity index is 545. The average Bonchev–Trinajstić information content (AvgIpc) is 2.97. The predicted octanol–water partition coefficient (Wildman–Crippen LogP) is 1.85. The van der Waals surface area contributed by atoms with E-state index in [4.69, 9.17) is 4.74 Å². The summed E-state index contributed by atoms with van der Waals surface area (Å²) >= 11 is 0. The molecule has 1 saturated carbocycles. The summed E-state index contributed by atoms with van der Waals surface area (Å²) < 4.78 is 34.8. The van der Waals surface area contributed by atoms with Crippen molar-refractivity contribution in [2.45, 2.75) is 37.3 Å². The molecule has 2 atom stereocenters. The molecule has 0 amide bonds. The summed E-state index contributed by atoms with van der Waals surface area (Å²) in [5.74, 6) is -2.90. The molecule has 9 heteroatoms. The number of hydrogen-bond acceptors (Lipinski definition) is 5. The minimum atomic E-state index is -2.90. The monoisotopic (exact) mass is 316 g/mol. The minimum absolute atomic E-state index is 0.0387. The van der Waals surface area contributed by atoms with Gasteiger partial charge >= 0.3 is 5.69 Å². The summed E-state index contributed by atoms with van der Waals surface area (Å²) in [5, 5.41) is 14.5. The van der Waals surface area contributed by atoms with E-state index in [0.29, 0.717) is 19.6 Å². The van der Waals surface area contributed by atoms with Crippen molar-refractivity contribution < 1.29 is 18.4 Å². The van der Waals surface area contributed by atoms with Gasteiger partial charge in [-0.2, -0.15) is 5.10 Å². The van der Waals surface area contributed by atoms with Gasteiger partial charge in [-0.1, -0.05) is 0 Å². The predicted molar refractivity (Wildman–Crippen MR) is 72.9 cm³/mol. The topological polar surface area (TPSA) is 73.4 Å². The van der Waals surface area contributed by atoms with Gasteiger partial charge in [0.2, 0.25) is 0 Å². The summed E-state index contributed by atoms with van der Waals surface area (Å²) in [6, 6.07) is -1.10. The van der Waals surface area contributed by atoms with Crippen LogP contribution in [0.1, 0.15) is 25.3 Å². The fraction of sp³-hybridized carbons (Fsp3) is 0.769. The molecule has 7 nitrogen and oxygen atoms in total. The summed E-state index contributed by atoms with van der Waals surface area (Å²) in [5.41, 5.74) is -0.260. The van der Waals surface area contributed by atoms with E-state index in [0.717, 1.165) is 30.2 Å². The van der Waals surface area contributed by atoms with Crippen molar-refractivity contribution in [2.24, 2.45) is 0 Å². The Morgan fingerprint density at radius 3 is 2.77 bits per heavy atom. The van der Waals surface area contributed by atoms with Crippen LogP contribution in [0.5, 0.6) is 0 Å². The molecule has 3 rings (SSSR count). The Kier molecular flexibility index (Phi) is 4.09. The SMILES string of the molecule is O=[N+]([O-])c1cnn([C@H]2C[C@@H](N3CCOCC3)CCC2(F)F)c1. The second kappa shape index (κ2) is 5.88. The molecule has 0 spiro atoms. The van der Waals surface area contributed by atoms with Crippen LogP contribution in [0.25, 0.3) is 0 Å². The lowest BCUT2D eigenvalue weighted by Crippen LogP contribution is -2.49. The van der Waals surface area contributed by atoms with Crippen molar-refractivity contribution in [3.05, 3.63) is 22.5 Å². The number of ether oxygens (including phenoxy) is 1. The maximum absolute atomic E-state index is 14.2. The van der Waals surface area contributed by atoms with Gasteiger partial charge in [0.1, 0.15) is 18.4 Å². The maximum atomic E-state index is 14.2. The van der Waals surface area contributed by atoms with E-state index in [-0.39, 0.29) is 24.6 Å². The number of alkyl halides is 2. The molecule has 122 valence electrons. The highest BCUT2D eigenvalue weighted by Crippen LogP contribution is 2.43. The van der Waals surface area contributed by atoms with E-state index in [1.807, 2.05) is 0 Å². The van der Waals surface area contributed by atoms with Gasteiger partial charge in [0.05, 0.1) is 18.1 Å².